The van der Waals surface area contributed by atoms with Crippen LogP contribution in [0.1, 0.15) is 36.4 Å². The van der Waals surface area contributed by atoms with E-state index in [4.69, 9.17) is 4.74 Å². The van der Waals surface area contributed by atoms with E-state index < -0.39 is 12.0 Å². The van der Waals surface area contributed by atoms with Crippen LogP contribution in [0.3, 0.4) is 0 Å². The zero-order chi connectivity index (χ0) is 17.8. The van der Waals surface area contributed by atoms with Crippen LogP contribution in [-0.2, 0) is 9.53 Å². The van der Waals surface area contributed by atoms with E-state index in [1.807, 2.05) is 31.2 Å². The molecule has 6 nitrogen and oxygen atoms in total. The fraction of sp³-hybridized carbons (Fsp3) is 0.474. The lowest BCUT2D eigenvalue weighted by Crippen LogP contribution is -2.48. The Kier molecular flexibility index (Phi) is 5.38. The molecule has 1 aromatic rings. The summed E-state index contributed by atoms with van der Waals surface area (Å²) in [5.41, 5.74) is 3.12. The SMILES string of the molecule is COC(=O)C1=C(CN2CCCCC2)NC(=O)NC1c1ccc(C)cc1. The summed E-state index contributed by atoms with van der Waals surface area (Å²) in [6.45, 7) is 4.52. The topological polar surface area (TPSA) is 70.7 Å². The zero-order valence-electron chi connectivity index (χ0n) is 14.8. The summed E-state index contributed by atoms with van der Waals surface area (Å²) < 4.78 is 5.01. The molecule has 134 valence electrons. The summed E-state index contributed by atoms with van der Waals surface area (Å²) in [6, 6.07) is 7.04. The highest BCUT2D eigenvalue weighted by molar-refractivity contribution is 5.95. The molecular formula is C19H25N3O3. The van der Waals surface area contributed by atoms with E-state index in [2.05, 4.69) is 15.5 Å². The van der Waals surface area contributed by atoms with E-state index in [1.54, 1.807) is 0 Å². The van der Waals surface area contributed by atoms with Gasteiger partial charge in [0.05, 0.1) is 18.7 Å². The number of urea groups is 1. The maximum Gasteiger partial charge on any atom is 0.338 e. The Labute approximate surface area is 148 Å². The number of benzene rings is 1. The lowest BCUT2D eigenvalue weighted by atomic mass is 9.94. The van der Waals surface area contributed by atoms with Crippen molar-refractivity contribution in [2.45, 2.75) is 32.2 Å². The van der Waals surface area contributed by atoms with Crippen LogP contribution in [0.5, 0.6) is 0 Å². The van der Waals surface area contributed by atoms with E-state index in [1.165, 1.54) is 13.5 Å². The first-order valence-electron chi connectivity index (χ1n) is 8.76. The number of nitrogens with zero attached hydrogens (tertiary/aromatic N) is 1. The first-order chi connectivity index (χ1) is 12.1. The minimum Gasteiger partial charge on any atom is -0.466 e. The monoisotopic (exact) mass is 343 g/mol. The summed E-state index contributed by atoms with van der Waals surface area (Å²) in [5, 5.41) is 5.68. The summed E-state index contributed by atoms with van der Waals surface area (Å²) in [6.07, 6.45) is 3.53. The van der Waals surface area contributed by atoms with Gasteiger partial charge in [0, 0.05) is 12.2 Å². The second kappa shape index (κ2) is 7.70. The molecule has 3 rings (SSSR count). The fourth-order valence-corrected chi connectivity index (χ4v) is 3.44. The Balaban J connectivity index is 1.96. The molecule has 0 spiro atoms. The molecule has 1 unspecified atom stereocenters. The average Bonchev–Trinajstić information content (AvgIpc) is 2.62. The number of methoxy groups -OCH3 is 1. The predicted octanol–water partition coefficient (Wildman–Crippen LogP) is 2.26. The van der Waals surface area contributed by atoms with Crippen molar-refractivity contribution < 1.29 is 14.3 Å². The third-order valence-electron chi connectivity index (χ3n) is 4.80. The van der Waals surface area contributed by atoms with Crippen molar-refractivity contribution >= 4 is 12.0 Å². The number of aryl methyl sites for hydroxylation is 1. The number of rotatable bonds is 4. The van der Waals surface area contributed by atoms with Crippen LogP contribution in [0.2, 0.25) is 0 Å². The second-order valence-corrected chi connectivity index (χ2v) is 6.66. The molecule has 0 radical (unpaired) electrons. The predicted molar refractivity (Wildman–Crippen MR) is 94.9 cm³/mol. The minimum atomic E-state index is -0.499. The molecule has 25 heavy (non-hydrogen) atoms. The number of ether oxygens (including phenoxy) is 1. The van der Waals surface area contributed by atoms with Gasteiger partial charge in [-0.3, -0.25) is 4.90 Å². The van der Waals surface area contributed by atoms with Crippen LogP contribution in [0.25, 0.3) is 0 Å². The van der Waals surface area contributed by atoms with Crippen molar-refractivity contribution in [3.8, 4) is 0 Å². The van der Waals surface area contributed by atoms with Gasteiger partial charge < -0.3 is 15.4 Å². The number of nitrogens with one attached hydrogen (secondary N) is 2. The van der Waals surface area contributed by atoms with Gasteiger partial charge in [-0.05, 0) is 38.4 Å². The summed E-state index contributed by atoms with van der Waals surface area (Å²) in [4.78, 5) is 27.0. The first kappa shape index (κ1) is 17.5. The van der Waals surface area contributed by atoms with E-state index in [9.17, 15) is 9.59 Å². The molecule has 2 N–H and O–H groups in total. The van der Waals surface area contributed by atoms with E-state index >= 15 is 0 Å². The van der Waals surface area contributed by atoms with Crippen molar-refractivity contribution in [2.24, 2.45) is 0 Å². The first-order valence-corrected chi connectivity index (χ1v) is 8.76. The summed E-state index contributed by atoms with van der Waals surface area (Å²) >= 11 is 0. The molecule has 2 heterocycles. The largest absolute Gasteiger partial charge is 0.466 e. The van der Waals surface area contributed by atoms with Crippen LogP contribution < -0.4 is 10.6 Å². The molecule has 1 saturated heterocycles. The summed E-state index contributed by atoms with van der Waals surface area (Å²) in [7, 11) is 1.37. The van der Waals surface area contributed by atoms with Crippen LogP contribution in [0.15, 0.2) is 35.5 Å². The van der Waals surface area contributed by atoms with Crippen LogP contribution >= 0.6 is 0 Å². The van der Waals surface area contributed by atoms with Crippen molar-refractivity contribution in [3.63, 3.8) is 0 Å². The molecule has 1 aromatic carbocycles. The second-order valence-electron chi connectivity index (χ2n) is 6.66. The normalized spacial score (nSPS) is 21.5. The van der Waals surface area contributed by atoms with Gasteiger partial charge in [-0.1, -0.05) is 36.2 Å². The van der Waals surface area contributed by atoms with Gasteiger partial charge >= 0.3 is 12.0 Å². The Morgan fingerprint density at radius 1 is 1.20 bits per heavy atom. The van der Waals surface area contributed by atoms with Gasteiger partial charge in [0.2, 0.25) is 0 Å². The highest BCUT2D eigenvalue weighted by Gasteiger charge is 2.34. The number of hydrogen-bond donors (Lipinski definition) is 2. The van der Waals surface area contributed by atoms with Crippen LogP contribution in [0, 0.1) is 6.92 Å². The van der Waals surface area contributed by atoms with Crippen molar-refractivity contribution in [1.82, 2.24) is 15.5 Å². The molecule has 1 fully saturated rings. The van der Waals surface area contributed by atoms with Crippen molar-refractivity contribution in [1.29, 1.82) is 0 Å². The Morgan fingerprint density at radius 3 is 2.52 bits per heavy atom. The molecule has 0 saturated carbocycles. The molecule has 2 aliphatic heterocycles. The Hall–Kier alpha value is -2.34. The standard InChI is InChI=1S/C19H25N3O3/c1-13-6-8-14(9-7-13)17-16(18(23)25-2)15(20-19(24)21-17)12-22-10-4-3-5-11-22/h6-9,17H,3-5,10-12H2,1-2H3,(H2,20,21,24). The molecule has 0 bridgehead atoms. The number of piperidine rings is 1. The number of carbonyl (C=O) groups is 2. The van der Waals surface area contributed by atoms with Gasteiger partial charge in [-0.25, -0.2) is 9.59 Å². The highest BCUT2D eigenvalue weighted by Crippen LogP contribution is 2.28. The molecule has 0 aliphatic carbocycles. The quantitative estimate of drug-likeness (QED) is 0.823. The maximum atomic E-state index is 12.5. The fourth-order valence-electron chi connectivity index (χ4n) is 3.44. The minimum absolute atomic E-state index is 0.287. The van der Waals surface area contributed by atoms with E-state index in [-0.39, 0.29) is 6.03 Å². The van der Waals surface area contributed by atoms with Gasteiger partial charge in [0.25, 0.3) is 0 Å². The zero-order valence-corrected chi connectivity index (χ0v) is 14.8. The van der Waals surface area contributed by atoms with Gasteiger partial charge in [-0.2, -0.15) is 0 Å². The van der Waals surface area contributed by atoms with E-state index in [0.29, 0.717) is 17.8 Å². The molecule has 2 amide bonds. The lowest BCUT2D eigenvalue weighted by Gasteiger charge is -2.33. The third-order valence-corrected chi connectivity index (χ3v) is 4.80. The maximum absolute atomic E-state index is 12.5. The van der Waals surface area contributed by atoms with Gasteiger partial charge in [-0.15, -0.1) is 0 Å². The van der Waals surface area contributed by atoms with Gasteiger partial charge in [0.15, 0.2) is 0 Å². The van der Waals surface area contributed by atoms with Gasteiger partial charge in [0.1, 0.15) is 0 Å². The summed E-state index contributed by atoms with van der Waals surface area (Å²) in [5.74, 6) is -0.412. The Bertz CT molecular complexity index is 676. The third kappa shape index (κ3) is 4.02. The smallest absolute Gasteiger partial charge is 0.338 e. The van der Waals surface area contributed by atoms with Crippen LogP contribution in [0.4, 0.5) is 4.79 Å². The molecular weight excluding hydrogens is 318 g/mol. The van der Waals surface area contributed by atoms with Crippen LogP contribution in [-0.4, -0.2) is 43.6 Å². The molecule has 6 heteroatoms. The average molecular weight is 343 g/mol. The number of hydrogen-bond acceptors (Lipinski definition) is 4. The van der Waals surface area contributed by atoms with Crippen molar-refractivity contribution in [3.05, 3.63) is 46.7 Å². The molecule has 1 atom stereocenters. The molecule has 2 aliphatic rings. The molecule has 0 aromatic heterocycles. The van der Waals surface area contributed by atoms with E-state index in [0.717, 1.165) is 37.1 Å². The Morgan fingerprint density at radius 2 is 1.88 bits per heavy atom. The number of esters is 1. The number of likely N-dealkylation sites (tertiary alicyclic amines) is 1. The highest BCUT2D eigenvalue weighted by atomic mass is 16.5. The number of amides is 2. The number of carbonyl (C=O) groups excluding carboxylic acids is 2. The van der Waals surface area contributed by atoms with Crippen molar-refractivity contribution in [2.75, 3.05) is 26.7 Å². The lowest BCUT2D eigenvalue weighted by molar-refractivity contribution is -0.136.